The van der Waals surface area contributed by atoms with Crippen molar-refractivity contribution in [1.29, 1.82) is 0 Å². The number of carbonyl (C=O) groups excluding carboxylic acids is 1. The molecule has 0 heterocycles. The molecule has 150 valence electrons. The van der Waals surface area contributed by atoms with Crippen molar-refractivity contribution in [3.05, 3.63) is 89.5 Å². The summed E-state index contributed by atoms with van der Waals surface area (Å²) in [7, 11) is 0. The van der Waals surface area contributed by atoms with E-state index in [1.807, 2.05) is 64.4 Å². The third-order valence-electron chi connectivity index (χ3n) is 5.28. The topological polar surface area (TPSA) is 23.6 Å². The summed E-state index contributed by atoms with van der Waals surface area (Å²) in [5.41, 5.74) is 6.06. The zero-order valence-corrected chi connectivity index (χ0v) is 17.9. The van der Waals surface area contributed by atoms with Crippen molar-refractivity contribution in [2.45, 2.75) is 40.5 Å². The Hall–Kier alpha value is -3.07. The van der Waals surface area contributed by atoms with Gasteiger partial charge in [0.2, 0.25) is 0 Å². The molecule has 0 aliphatic carbocycles. The molecule has 0 saturated carbocycles. The van der Waals surface area contributed by atoms with Gasteiger partial charge in [0.1, 0.15) is 0 Å². The Labute approximate surface area is 174 Å². The molecular formula is C26H30N2O. The van der Waals surface area contributed by atoms with Gasteiger partial charge in [0.05, 0.1) is 11.4 Å². The van der Waals surface area contributed by atoms with E-state index >= 15 is 0 Å². The molecule has 0 bridgehead atoms. The highest BCUT2D eigenvalue weighted by atomic mass is 16.2. The highest BCUT2D eigenvalue weighted by molar-refractivity contribution is 6.09. The molecule has 3 heteroatoms. The number of carbonyl (C=O) groups is 1. The van der Waals surface area contributed by atoms with Gasteiger partial charge in [0.25, 0.3) is 0 Å². The molecule has 0 aliphatic heterocycles. The molecule has 29 heavy (non-hydrogen) atoms. The number of rotatable bonds is 6. The van der Waals surface area contributed by atoms with Crippen LogP contribution in [-0.4, -0.2) is 12.6 Å². The maximum Gasteiger partial charge on any atom is 0.333 e. The second kappa shape index (κ2) is 9.42. The summed E-state index contributed by atoms with van der Waals surface area (Å²) >= 11 is 0. The lowest BCUT2D eigenvalue weighted by molar-refractivity contribution is 0.253. The van der Waals surface area contributed by atoms with E-state index in [2.05, 4.69) is 45.9 Å². The van der Waals surface area contributed by atoms with E-state index in [0.29, 0.717) is 6.54 Å². The van der Waals surface area contributed by atoms with Gasteiger partial charge in [-0.25, -0.2) is 4.79 Å². The fourth-order valence-corrected chi connectivity index (χ4v) is 3.59. The third-order valence-corrected chi connectivity index (χ3v) is 5.28. The first kappa shape index (κ1) is 20.7. The minimum absolute atomic E-state index is 0.0173. The van der Waals surface area contributed by atoms with Gasteiger partial charge in [-0.1, -0.05) is 67.9 Å². The molecule has 3 nitrogen and oxygen atoms in total. The normalized spacial score (nSPS) is 10.6. The number of hydrogen-bond donors (Lipinski definition) is 0. The number of amides is 2. The summed E-state index contributed by atoms with van der Waals surface area (Å²) in [6.45, 7) is 9.01. The molecule has 0 aliphatic rings. The Bertz CT molecular complexity index is 934. The van der Waals surface area contributed by atoms with Gasteiger partial charge in [0, 0.05) is 12.2 Å². The van der Waals surface area contributed by atoms with Crippen LogP contribution in [0.2, 0.25) is 0 Å². The van der Waals surface area contributed by atoms with Gasteiger partial charge in [-0.3, -0.25) is 9.80 Å². The number of unbranched alkanes of at least 4 members (excludes halogenated alkanes) is 1. The molecular weight excluding hydrogens is 356 g/mol. The molecule has 0 aromatic heterocycles. The first-order chi connectivity index (χ1) is 14.0. The molecule has 0 radical (unpaired) electrons. The quantitative estimate of drug-likeness (QED) is 0.440. The van der Waals surface area contributed by atoms with Crippen LogP contribution >= 0.6 is 0 Å². The lowest BCUT2D eigenvalue weighted by Crippen LogP contribution is -2.42. The van der Waals surface area contributed by atoms with Crippen LogP contribution in [0.1, 0.15) is 36.5 Å². The Morgan fingerprint density at radius 3 is 1.52 bits per heavy atom. The van der Waals surface area contributed by atoms with Crippen molar-refractivity contribution >= 4 is 23.1 Å². The minimum Gasteiger partial charge on any atom is -0.293 e. The van der Waals surface area contributed by atoms with Crippen molar-refractivity contribution in [3.63, 3.8) is 0 Å². The molecule has 0 fully saturated rings. The van der Waals surface area contributed by atoms with Crippen LogP contribution < -0.4 is 9.80 Å². The van der Waals surface area contributed by atoms with E-state index in [1.54, 1.807) is 0 Å². The SMILES string of the molecule is CCCCN(C(=O)N(c1ccccc1C)c1ccccc1C)c1ccccc1C. The maximum absolute atomic E-state index is 14.1. The average molecular weight is 387 g/mol. The summed E-state index contributed by atoms with van der Waals surface area (Å²) in [6, 6.07) is 24.3. The molecule has 0 unspecified atom stereocenters. The van der Waals surface area contributed by atoms with Crippen molar-refractivity contribution < 1.29 is 4.79 Å². The van der Waals surface area contributed by atoms with Crippen LogP contribution in [0.5, 0.6) is 0 Å². The summed E-state index contributed by atoms with van der Waals surface area (Å²) in [5, 5.41) is 0. The van der Waals surface area contributed by atoms with Gasteiger partial charge in [-0.2, -0.15) is 0 Å². The Balaban J connectivity index is 2.15. The monoisotopic (exact) mass is 386 g/mol. The van der Waals surface area contributed by atoms with Gasteiger partial charge < -0.3 is 0 Å². The predicted octanol–water partition coefficient (Wildman–Crippen LogP) is 7.18. The number of benzene rings is 3. The van der Waals surface area contributed by atoms with Crippen molar-refractivity contribution in [3.8, 4) is 0 Å². The van der Waals surface area contributed by atoms with Crippen molar-refractivity contribution in [2.24, 2.45) is 0 Å². The van der Waals surface area contributed by atoms with E-state index in [9.17, 15) is 4.79 Å². The summed E-state index contributed by atoms with van der Waals surface area (Å²) in [5.74, 6) is 0. The second-order valence-electron chi connectivity index (χ2n) is 7.48. The van der Waals surface area contributed by atoms with Crippen LogP contribution in [0, 0.1) is 20.8 Å². The lowest BCUT2D eigenvalue weighted by Gasteiger charge is -2.33. The van der Waals surface area contributed by atoms with E-state index < -0.39 is 0 Å². The number of aryl methyl sites for hydroxylation is 3. The predicted molar refractivity (Wildman–Crippen MR) is 123 cm³/mol. The zero-order chi connectivity index (χ0) is 20.8. The number of hydrogen-bond acceptors (Lipinski definition) is 1. The molecule has 3 aromatic rings. The van der Waals surface area contributed by atoms with Crippen LogP contribution in [0.3, 0.4) is 0 Å². The van der Waals surface area contributed by atoms with E-state index in [0.717, 1.165) is 46.6 Å². The van der Waals surface area contributed by atoms with E-state index in [4.69, 9.17) is 0 Å². The van der Waals surface area contributed by atoms with Gasteiger partial charge in [-0.15, -0.1) is 0 Å². The largest absolute Gasteiger partial charge is 0.333 e. The standard InChI is InChI=1S/C26H30N2O/c1-5-6-19-27(23-16-10-7-13-20(23)2)26(29)28(24-17-11-8-14-21(24)3)25-18-12-9-15-22(25)4/h7-18H,5-6,19H2,1-4H3. The Morgan fingerprint density at radius 2 is 1.10 bits per heavy atom. The number of para-hydroxylation sites is 3. The molecule has 0 atom stereocenters. The van der Waals surface area contributed by atoms with Gasteiger partial charge >= 0.3 is 6.03 Å². The Kier molecular flexibility index (Phi) is 6.71. The minimum atomic E-state index is -0.0173. The van der Waals surface area contributed by atoms with Crippen LogP contribution in [0.15, 0.2) is 72.8 Å². The zero-order valence-electron chi connectivity index (χ0n) is 17.9. The molecule has 3 aromatic carbocycles. The molecule has 3 rings (SSSR count). The molecule has 0 N–H and O–H groups in total. The van der Waals surface area contributed by atoms with Crippen LogP contribution in [-0.2, 0) is 0 Å². The highest BCUT2D eigenvalue weighted by Gasteiger charge is 2.27. The molecule has 0 spiro atoms. The fourth-order valence-electron chi connectivity index (χ4n) is 3.59. The highest BCUT2D eigenvalue weighted by Crippen LogP contribution is 2.33. The summed E-state index contributed by atoms with van der Waals surface area (Å²) < 4.78 is 0. The summed E-state index contributed by atoms with van der Waals surface area (Å²) in [6.07, 6.45) is 1.99. The van der Waals surface area contributed by atoms with E-state index in [-0.39, 0.29) is 6.03 Å². The van der Waals surface area contributed by atoms with Crippen molar-refractivity contribution in [2.75, 3.05) is 16.3 Å². The van der Waals surface area contributed by atoms with Crippen LogP contribution in [0.25, 0.3) is 0 Å². The van der Waals surface area contributed by atoms with Gasteiger partial charge in [-0.05, 0) is 62.1 Å². The van der Waals surface area contributed by atoms with Gasteiger partial charge in [0.15, 0.2) is 0 Å². The van der Waals surface area contributed by atoms with Crippen LogP contribution in [0.4, 0.5) is 21.9 Å². The number of nitrogens with zero attached hydrogens (tertiary/aromatic N) is 2. The smallest absolute Gasteiger partial charge is 0.293 e. The maximum atomic E-state index is 14.1. The lowest BCUT2D eigenvalue weighted by atomic mass is 10.1. The second-order valence-corrected chi connectivity index (χ2v) is 7.48. The average Bonchev–Trinajstić information content (AvgIpc) is 2.72. The Morgan fingerprint density at radius 1 is 0.690 bits per heavy atom. The fraction of sp³-hybridized carbons (Fsp3) is 0.269. The first-order valence-electron chi connectivity index (χ1n) is 10.3. The van der Waals surface area contributed by atoms with E-state index in [1.165, 1.54) is 0 Å². The number of urea groups is 1. The molecule has 2 amide bonds. The number of anilines is 3. The summed E-state index contributed by atoms with van der Waals surface area (Å²) in [4.78, 5) is 17.9. The first-order valence-corrected chi connectivity index (χ1v) is 10.3. The molecule has 0 saturated heterocycles. The third kappa shape index (κ3) is 4.51. The van der Waals surface area contributed by atoms with Crippen molar-refractivity contribution in [1.82, 2.24) is 0 Å².